The number of benzene rings is 1. The van der Waals surface area contributed by atoms with E-state index >= 15 is 0 Å². The zero-order valence-corrected chi connectivity index (χ0v) is 10.5. The van der Waals surface area contributed by atoms with Crippen molar-refractivity contribution in [1.82, 2.24) is 4.72 Å². The van der Waals surface area contributed by atoms with Gasteiger partial charge >= 0.3 is 0 Å². The van der Waals surface area contributed by atoms with Gasteiger partial charge in [0.2, 0.25) is 10.0 Å². The largest absolute Gasteiger partial charge is 0.286 e. The Labute approximate surface area is 100 Å². The number of nitrogens with one attached hydrogen (secondary N) is 1. The van der Waals surface area contributed by atoms with Gasteiger partial charge in [-0.2, -0.15) is 8.42 Å². The molecule has 8 heteroatoms. The van der Waals surface area contributed by atoms with E-state index in [9.17, 15) is 16.8 Å². The quantitative estimate of drug-likeness (QED) is 0.565. The zero-order valence-electron chi connectivity index (χ0n) is 8.83. The summed E-state index contributed by atoms with van der Waals surface area (Å²) in [6.45, 7) is -0.0548. The summed E-state index contributed by atoms with van der Waals surface area (Å²) in [5.41, 5.74) is 0. The highest BCUT2D eigenvalue weighted by atomic mass is 32.2. The maximum absolute atomic E-state index is 11.6. The molecule has 6 nitrogen and oxygen atoms in total. The topological polar surface area (TPSA) is 101 Å². The van der Waals surface area contributed by atoms with E-state index in [1.165, 1.54) is 24.3 Å². The molecule has 0 aliphatic rings. The Balaban J connectivity index is 2.53. The molecule has 0 aliphatic heterocycles. The average Bonchev–Trinajstić information content (AvgIpc) is 2.25. The van der Waals surface area contributed by atoms with E-state index in [1.807, 2.05) is 0 Å². The highest BCUT2D eigenvalue weighted by molar-refractivity contribution is 7.89. The van der Waals surface area contributed by atoms with E-state index in [1.54, 1.807) is 0 Å². The van der Waals surface area contributed by atoms with Crippen molar-refractivity contribution in [3.8, 4) is 0 Å². The predicted molar refractivity (Wildman–Crippen MR) is 61.5 cm³/mol. The molecule has 0 saturated heterocycles. The number of hydrogen-bond acceptors (Lipinski definition) is 4. The summed E-state index contributed by atoms with van der Waals surface area (Å²) < 4.78 is 54.7. The molecule has 0 saturated carbocycles. The molecule has 0 amide bonds. The summed E-state index contributed by atoms with van der Waals surface area (Å²) in [7, 11) is -7.67. The number of rotatable bonds is 6. The summed E-state index contributed by atoms with van der Waals surface area (Å²) in [6.07, 6.45) is 0.0109. The highest BCUT2D eigenvalue weighted by Gasteiger charge is 2.13. The molecule has 1 aromatic carbocycles. The second-order valence-electron chi connectivity index (χ2n) is 3.27. The van der Waals surface area contributed by atoms with Crippen molar-refractivity contribution < 1.29 is 21.4 Å². The lowest BCUT2D eigenvalue weighted by molar-refractivity contribution is 0.480. The van der Waals surface area contributed by atoms with Gasteiger partial charge in [-0.05, 0) is 24.6 Å². The first-order valence-electron chi connectivity index (χ1n) is 4.72. The minimum Gasteiger partial charge on any atom is -0.286 e. The molecule has 2 N–H and O–H groups in total. The Morgan fingerprint density at radius 1 is 1.18 bits per heavy atom. The Morgan fingerprint density at radius 2 is 1.76 bits per heavy atom. The minimum atomic E-state index is -4.05. The van der Waals surface area contributed by atoms with E-state index < -0.39 is 25.9 Å². The van der Waals surface area contributed by atoms with E-state index in [4.69, 9.17) is 4.55 Å². The average molecular weight is 278 g/mol. The molecule has 0 aliphatic carbocycles. The van der Waals surface area contributed by atoms with Crippen molar-refractivity contribution >= 4 is 20.1 Å². The van der Waals surface area contributed by atoms with E-state index in [0.29, 0.717) is 0 Å². The maximum Gasteiger partial charge on any atom is 0.264 e. The van der Waals surface area contributed by atoms with Crippen LogP contribution in [0.2, 0.25) is 0 Å². The molecule has 1 radical (unpaired) electrons. The van der Waals surface area contributed by atoms with Crippen LogP contribution in [0.15, 0.2) is 29.2 Å². The monoisotopic (exact) mass is 278 g/mol. The third-order valence-electron chi connectivity index (χ3n) is 1.87. The molecular weight excluding hydrogens is 266 g/mol. The van der Waals surface area contributed by atoms with Gasteiger partial charge in [0.05, 0.1) is 10.6 Å². The van der Waals surface area contributed by atoms with Gasteiger partial charge in [-0.3, -0.25) is 4.55 Å². The van der Waals surface area contributed by atoms with Crippen LogP contribution in [0.3, 0.4) is 0 Å². The van der Waals surface area contributed by atoms with Crippen molar-refractivity contribution in [1.29, 1.82) is 0 Å². The van der Waals surface area contributed by atoms with Gasteiger partial charge in [0.1, 0.15) is 0 Å². The molecule has 0 heterocycles. The zero-order chi connectivity index (χ0) is 12.9. The smallest absolute Gasteiger partial charge is 0.264 e. The summed E-state index contributed by atoms with van der Waals surface area (Å²) in [5.74, 6) is -0.474. The third kappa shape index (κ3) is 5.26. The van der Waals surface area contributed by atoms with Gasteiger partial charge in [-0.25, -0.2) is 13.1 Å². The van der Waals surface area contributed by atoms with Crippen molar-refractivity contribution in [3.63, 3.8) is 0 Å². The Morgan fingerprint density at radius 3 is 2.29 bits per heavy atom. The number of sulfonamides is 1. The van der Waals surface area contributed by atoms with Gasteiger partial charge in [-0.15, -0.1) is 0 Å². The summed E-state index contributed by atoms with van der Waals surface area (Å²) >= 11 is 0. The lowest BCUT2D eigenvalue weighted by Gasteiger charge is -2.05. The Kier molecular flexibility index (Phi) is 4.63. The van der Waals surface area contributed by atoms with E-state index in [0.717, 1.165) is 0 Å². The van der Waals surface area contributed by atoms with Crippen molar-refractivity contribution in [2.24, 2.45) is 0 Å². The molecule has 0 atom stereocenters. The van der Waals surface area contributed by atoms with Gasteiger partial charge in [-0.1, -0.05) is 12.1 Å². The standard InChI is InChI=1S/C9H12NO5S2/c11-16(12,13)8-4-7-10-17(14,15)9-5-2-1-3-6-9/h2-3,5-6,10H,4,7-8H2,(H,11,12,13). The molecule has 0 unspecified atom stereocenters. The fourth-order valence-corrected chi connectivity index (χ4v) is 2.68. The maximum atomic E-state index is 11.6. The van der Waals surface area contributed by atoms with Crippen LogP contribution in [0.4, 0.5) is 0 Å². The van der Waals surface area contributed by atoms with Crippen LogP contribution in [0.1, 0.15) is 6.42 Å². The van der Waals surface area contributed by atoms with E-state index in [-0.39, 0.29) is 17.9 Å². The third-order valence-corrected chi connectivity index (χ3v) is 4.15. The molecule has 1 rings (SSSR count). The fourth-order valence-electron chi connectivity index (χ4n) is 1.10. The Hall–Kier alpha value is -0.960. The summed E-state index contributed by atoms with van der Waals surface area (Å²) in [5, 5.41) is 0. The van der Waals surface area contributed by atoms with Crippen molar-refractivity contribution in [2.75, 3.05) is 12.3 Å². The predicted octanol–water partition coefficient (Wildman–Crippen LogP) is 0.0430. The van der Waals surface area contributed by atoms with Crippen LogP contribution < -0.4 is 4.72 Å². The molecule has 0 spiro atoms. The Bertz CT molecular complexity index is 550. The van der Waals surface area contributed by atoms with E-state index in [2.05, 4.69) is 10.8 Å². The van der Waals surface area contributed by atoms with Gasteiger partial charge in [0, 0.05) is 6.54 Å². The normalized spacial score (nSPS) is 12.5. The van der Waals surface area contributed by atoms with Gasteiger partial charge in [0.15, 0.2) is 0 Å². The van der Waals surface area contributed by atoms with Crippen molar-refractivity contribution in [2.45, 2.75) is 11.3 Å². The lowest BCUT2D eigenvalue weighted by Crippen LogP contribution is -2.26. The van der Waals surface area contributed by atoms with Crippen molar-refractivity contribution in [3.05, 3.63) is 30.3 Å². The van der Waals surface area contributed by atoms with Gasteiger partial charge < -0.3 is 0 Å². The highest BCUT2D eigenvalue weighted by Crippen LogP contribution is 2.06. The van der Waals surface area contributed by atoms with Crippen LogP contribution in [-0.4, -0.2) is 33.7 Å². The first kappa shape index (κ1) is 14.1. The molecule has 95 valence electrons. The molecule has 1 aromatic rings. The van der Waals surface area contributed by atoms with Gasteiger partial charge in [0.25, 0.3) is 10.1 Å². The summed E-state index contributed by atoms with van der Waals surface area (Å²) in [6, 6.07) is 8.38. The number of hydrogen-bond donors (Lipinski definition) is 2. The van der Waals surface area contributed by atoms with Crippen LogP contribution in [0.25, 0.3) is 0 Å². The second-order valence-corrected chi connectivity index (χ2v) is 6.61. The molecule has 0 bridgehead atoms. The fraction of sp³-hybridized carbons (Fsp3) is 0.333. The summed E-state index contributed by atoms with van der Waals surface area (Å²) in [4.78, 5) is 0.0862. The SMILES string of the molecule is O=S(=O)(O)CCCNS(=O)(=O)c1cc[c]cc1. The minimum absolute atomic E-state index is 0.0109. The first-order chi connectivity index (χ1) is 7.81. The molecule has 0 aromatic heterocycles. The van der Waals surface area contributed by atoms with Crippen LogP contribution in [0.5, 0.6) is 0 Å². The first-order valence-corrected chi connectivity index (χ1v) is 7.81. The molecule has 17 heavy (non-hydrogen) atoms. The van der Waals surface area contributed by atoms with Crippen LogP contribution >= 0.6 is 0 Å². The lowest BCUT2D eigenvalue weighted by atomic mass is 10.4. The molecule has 0 fully saturated rings. The molecular formula is C9H12NO5S2. The second kappa shape index (κ2) is 5.58. The van der Waals surface area contributed by atoms with Crippen LogP contribution in [-0.2, 0) is 20.1 Å². The van der Waals surface area contributed by atoms with Crippen LogP contribution in [0, 0.1) is 6.07 Å².